The van der Waals surface area contributed by atoms with Crippen LogP contribution in [-0.2, 0) is 12.8 Å². The highest BCUT2D eigenvalue weighted by Gasteiger charge is 2.16. The number of hydrogen-bond acceptors (Lipinski definition) is 1. The van der Waals surface area contributed by atoms with Crippen molar-refractivity contribution in [1.82, 2.24) is 10.2 Å². The molecule has 0 spiro atoms. The molecule has 0 saturated heterocycles. The van der Waals surface area contributed by atoms with Gasteiger partial charge in [0.05, 0.1) is 0 Å². The summed E-state index contributed by atoms with van der Waals surface area (Å²) in [6.07, 6.45) is 8.67. The lowest BCUT2D eigenvalue weighted by Crippen LogP contribution is -1.81. The third-order valence-corrected chi connectivity index (χ3v) is 1.94. The van der Waals surface area contributed by atoms with Crippen LogP contribution in [-0.4, -0.2) is 10.2 Å². The van der Waals surface area contributed by atoms with Crippen LogP contribution in [0.2, 0.25) is 0 Å². The Morgan fingerprint density at radius 2 is 2.40 bits per heavy atom. The van der Waals surface area contributed by atoms with E-state index >= 15 is 0 Å². The number of aryl methyl sites for hydroxylation is 1. The summed E-state index contributed by atoms with van der Waals surface area (Å²) in [6, 6.07) is 0. The van der Waals surface area contributed by atoms with E-state index in [1.54, 1.807) is 0 Å². The molecular formula is C8H8N2. The van der Waals surface area contributed by atoms with E-state index in [0.717, 1.165) is 18.5 Å². The van der Waals surface area contributed by atoms with Crippen LogP contribution in [0, 0.1) is 12.3 Å². The summed E-state index contributed by atoms with van der Waals surface area (Å²) in [4.78, 5) is 0. The van der Waals surface area contributed by atoms with E-state index in [9.17, 15) is 0 Å². The van der Waals surface area contributed by atoms with Gasteiger partial charge in [0, 0.05) is 11.3 Å². The Bertz CT molecular complexity index is 291. The highest BCUT2D eigenvalue weighted by molar-refractivity contribution is 5.38. The molecule has 2 rings (SSSR count). The molecule has 0 bridgehead atoms. The Morgan fingerprint density at radius 3 is 3.20 bits per heavy atom. The molecule has 0 radical (unpaired) electrons. The first-order valence-corrected chi connectivity index (χ1v) is 3.44. The Kier molecular flexibility index (Phi) is 1.04. The molecule has 50 valence electrons. The second kappa shape index (κ2) is 1.88. The van der Waals surface area contributed by atoms with Crippen LogP contribution in [0.25, 0.3) is 0 Å². The van der Waals surface area contributed by atoms with Gasteiger partial charge in [-0.05, 0) is 25.2 Å². The zero-order chi connectivity index (χ0) is 6.97. The minimum absolute atomic E-state index is 0.813. The van der Waals surface area contributed by atoms with Crippen molar-refractivity contribution >= 4 is 0 Å². The van der Waals surface area contributed by atoms with Gasteiger partial charge in [0.15, 0.2) is 0 Å². The maximum atomic E-state index is 5.23. The van der Waals surface area contributed by atoms with E-state index in [1.807, 2.05) is 0 Å². The standard InChI is InChI=1S/C8H8N2/c1-2-7-6-4-3-5-8(6)10-9-7/h1H,3-5H2,(H,9,10). The molecule has 2 nitrogen and oxygen atoms in total. The van der Waals surface area contributed by atoms with E-state index in [4.69, 9.17) is 6.42 Å². The van der Waals surface area contributed by atoms with Crippen molar-refractivity contribution in [3.63, 3.8) is 0 Å². The van der Waals surface area contributed by atoms with Crippen molar-refractivity contribution in [2.24, 2.45) is 0 Å². The van der Waals surface area contributed by atoms with Crippen LogP contribution >= 0.6 is 0 Å². The number of aromatic nitrogens is 2. The van der Waals surface area contributed by atoms with Crippen LogP contribution in [0.15, 0.2) is 0 Å². The molecule has 1 aromatic rings. The summed E-state index contributed by atoms with van der Waals surface area (Å²) in [6.45, 7) is 0. The Labute approximate surface area is 59.6 Å². The number of H-pyrrole nitrogens is 1. The molecule has 1 heterocycles. The van der Waals surface area contributed by atoms with Crippen LogP contribution in [0.5, 0.6) is 0 Å². The number of nitrogens with one attached hydrogen (secondary N) is 1. The van der Waals surface area contributed by atoms with Gasteiger partial charge in [-0.15, -0.1) is 6.42 Å². The van der Waals surface area contributed by atoms with Gasteiger partial charge in [-0.1, -0.05) is 0 Å². The third kappa shape index (κ3) is 0.577. The molecular weight excluding hydrogens is 124 g/mol. The summed E-state index contributed by atoms with van der Waals surface area (Å²) in [5.41, 5.74) is 3.32. The lowest BCUT2D eigenvalue weighted by atomic mass is 10.2. The van der Waals surface area contributed by atoms with Crippen LogP contribution in [0.1, 0.15) is 23.4 Å². The molecule has 2 heteroatoms. The van der Waals surface area contributed by atoms with Crippen molar-refractivity contribution in [1.29, 1.82) is 0 Å². The van der Waals surface area contributed by atoms with Gasteiger partial charge in [0.25, 0.3) is 0 Å². The van der Waals surface area contributed by atoms with E-state index < -0.39 is 0 Å². The molecule has 0 aliphatic heterocycles. The van der Waals surface area contributed by atoms with E-state index in [0.29, 0.717) is 0 Å². The maximum absolute atomic E-state index is 5.23. The number of fused-ring (bicyclic) bond motifs is 1. The first-order valence-electron chi connectivity index (χ1n) is 3.44. The topological polar surface area (TPSA) is 28.7 Å². The lowest BCUT2D eigenvalue weighted by Gasteiger charge is -1.84. The SMILES string of the molecule is C#Cc1n[nH]c2c1CCC2. The monoisotopic (exact) mass is 132 g/mol. The van der Waals surface area contributed by atoms with Crippen molar-refractivity contribution in [3.8, 4) is 12.3 Å². The molecule has 0 aromatic carbocycles. The zero-order valence-electron chi connectivity index (χ0n) is 5.65. The Hall–Kier alpha value is -1.23. The van der Waals surface area contributed by atoms with E-state index in [1.165, 1.54) is 17.7 Å². The summed E-state index contributed by atoms with van der Waals surface area (Å²) in [5.74, 6) is 2.56. The Balaban J connectivity index is 2.57. The Morgan fingerprint density at radius 1 is 1.50 bits per heavy atom. The summed E-state index contributed by atoms with van der Waals surface area (Å²) >= 11 is 0. The average Bonchev–Trinajstić information content (AvgIpc) is 2.44. The fraction of sp³-hybridized carbons (Fsp3) is 0.375. The van der Waals surface area contributed by atoms with Gasteiger partial charge in [0.2, 0.25) is 0 Å². The molecule has 0 amide bonds. The quantitative estimate of drug-likeness (QED) is 0.521. The molecule has 0 saturated carbocycles. The molecule has 1 aliphatic carbocycles. The third-order valence-electron chi connectivity index (χ3n) is 1.94. The fourth-order valence-corrected chi connectivity index (χ4v) is 1.44. The first kappa shape index (κ1) is 5.55. The molecule has 0 atom stereocenters. The van der Waals surface area contributed by atoms with Crippen LogP contribution in [0.4, 0.5) is 0 Å². The molecule has 1 aromatic heterocycles. The minimum Gasteiger partial charge on any atom is -0.281 e. The zero-order valence-corrected chi connectivity index (χ0v) is 5.65. The highest BCUT2D eigenvalue weighted by Crippen LogP contribution is 2.21. The highest BCUT2D eigenvalue weighted by atomic mass is 15.1. The van der Waals surface area contributed by atoms with Gasteiger partial charge < -0.3 is 0 Å². The van der Waals surface area contributed by atoms with Crippen molar-refractivity contribution in [2.75, 3.05) is 0 Å². The van der Waals surface area contributed by atoms with Crippen LogP contribution < -0.4 is 0 Å². The van der Waals surface area contributed by atoms with Crippen molar-refractivity contribution < 1.29 is 0 Å². The minimum atomic E-state index is 0.813. The number of hydrogen-bond donors (Lipinski definition) is 1. The van der Waals surface area contributed by atoms with Gasteiger partial charge in [0.1, 0.15) is 5.69 Å². The summed E-state index contributed by atoms with van der Waals surface area (Å²) < 4.78 is 0. The molecule has 10 heavy (non-hydrogen) atoms. The van der Waals surface area contributed by atoms with Crippen molar-refractivity contribution in [3.05, 3.63) is 17.0 Å². The smallest absolute Gasteiger partial charge is 0.138 e. The average molecular weight is 132 g/mol. The summed E-state index contributed by atoms with van der Waals surface area (Å²) in [7, 11) is 0. The predicted octanol–water partition coefficient (Wildman–Crippen LogP) is 0.880. The number of terminal acetylenes is 1. The van der Waals surface area contributed by atoms with Gasteiger partial charge in [-0.2, -0.15) is 5.10 Å². The van der Waals surface area contributed by atoms with E-state index in [2.05, 4.69) is 16.1 Å². The summed E-state index contributed by atoms with van der Waals surface area (Å²) in [5, 5.41) is 6.94. The van der Waals surface area contributed by atoms with Crippen LogP contribution in [0.3, 0.4) is 0 Å². The first-order chi connectivity index (χ1) is 4.92. The largest absolute Gasteiger partial charge is 0.281 e. The maximum Gasteiger partial charge on any atom is 0.138 e. The second-order valence-electron chi connectivity index (χ2n) is 2.53. The van der Waals surface area contributed by atoms with E-state index in [-0.39, 0.29) is 0 Å². The van der Waals surface area contributed by atoms with Gasteiger partial charge in [-0.3, -0.25) is 5.10 Å². The van der Waals surface area contributed by atoms with Gasteiger partial charge in [-0.25, -0.2) is 0 Å². The molecule has 1 N–H and O–H groups in total. The fourth-order valence-electron chi connectivity index (χ4n) is 1.44. The van der Waals surface area contributed by atoms with Crippen molar-refractivity contribution in [2.45, 2.75) is 19.3 Å². The second-order valence-corrected chi connectivity index (χ2v) is 2.53. The molecule has 1 aliphatic rings. The predicted molar refractivity (Wildman–Crippen MR) is 38.5 cm³/mol. The van der Waals surface area contributed by atoms with Gasteiger partial charge >= 0.3 is 0 Å². The number of rotatable bonds is 0. The number of aromatic amines is 1. The lowest BCUT2D eigenvalue weighted by molar-refractivity contribution is 0.861. The molecule has 0 fully saturated rings. The number of nitrogens with zero attached hydrogens (tertiary/aromatic N) is 1. The molecule has 0 unspecified atom stereocenters. The normalized spacial score (nSPS) is 14.7.